The van der Waals surface area contributed by atoms with Crippen molar-refractivity contribution < 1.29 is 13.2 Å². The lowest BCUT2D eigenvalue weighted by Gasteiger charge is -2.18. The lowest BCUT2D eigenvalue weighted by atomic mass is 10.2. The Bertz CT molecular complexity index is 650. The van der Waals surface area contributed by atoms with E-state index >= 15 is 0 Å². The molecule has 1 heterocycles. The molecule has 1 aromatic rings. The minimum Gasteiger partial charge on any atom is -0.326 e. The number of amides is 2. The SMILES string of the molecule is CC(C)S(=O)(=O)c1ccc(NC(=O)N2CCCC2)cc1CN. The van der Waals surface area contributed by atoms with Gasteiger partial charge in [0.15, 0.2) is 9.84 Å². The largest absolute Gasteiger partial charge is 0.326 e. The summed E-state index contributed by atoms with van der Waals surface area (Å²) in [6.07, 6.45) is 2.04. The standard InChI is InChI=1S/C15H23N3O3S/c1-11(2)22(20,21)14-6-5-13(9-12(14)10-16)17-15(19)18-7-3-4-8-18/h5-6,9,11H,3-4,7-8,10,16H2,1-2H3,(H,17,19). The zero-order valence-corrected chi connectivity index (χ0v) is 13.8. The van der Waals surface area contributed by atoms with Crippen molar-refractivity contribution in [3.05, 3.63) is 23.8 Å². The summed E-state index contributed by atoms with van der Waals surface area (Å²) in [6.45, 7) is 4.90. The van der Waals surface area contributed by atoms with Gasteiger partial charge in [-0.3, -0.25) is 0 Å². The van der Waals surface area contributed by atoms with Gasteiger partial charge < -0.3 is 16.0 Å². The predicted molar refractivity (Wildman–Crippen MR) is 86.5 cm³/mol. The van der Waals surface area contributed by atoms with Crippen LogP contribution in [0.25, 0.3) is 0 Å². The third-order valence-electron chi connectivity index (χ3n) is 3.85. The number of nitrogens with one attached hydrogen (secondary N) is 1. The summed E-state index contributed by atoms with van der Waals surface area (Å²) in [7, 11) is -3.38. The summed E-state index contributed by atoms with van der Waals surface area (Å²) in [4.78, 5) is 14.1. The molecular formula is C15H23N3O3S. The molecule has 1 aliphatic rings. The molecule has 1 aliphatic heterocycles. The second-order valence-electron chi connectivity index (χ2n) is 5.74. The Labute approximate surface area is 131 Å². The first-order valence-corrected chi connectivity index (χ1v) is 9.03. The van der Waals surface area contributed by atoms with Crippen molar-refractivity contribution in [3.63, 3.8) is 0 Å². The van der Waals surface area contributed by atoms with E-state index in [1.165, 1.54) is 6.07 Å². The smallest absolute Gasteiger partial charge is 0.321 e. The monoisotopic (exact) mass is 325 g/mol. The Morgan fingerprint density at radius 1 is 1.32 bits per heavy atom. The molecule has 1 saturated heterocycles. The van der Waals surface area contributed by atoms with E-state index in [4.69, 9.17) is 5.73 Å². The molecule has 0 aromatic heterocycles. The van der Waals surface area contributed by atoms with Crippen LogP contribution in [0.15, 0.2) is 23.1 Å². The van der Waals surface area contributed by atoms with Crippen LogP contribution < -0.4 is 11.1 Å². The molecule has 1 fully saturated rings. The molecule has 0 bridgehead atoms. The van der Waals surface area contributed by atoms with E-state index in [0.29, 0.717) is 11.3 Å². The number of benzene rings is 1. The molecule has 122 valence electrons. The van der Waals surface area contributed by atoms with Gasteiger partial charge in [-0.05, 0) is 50.5 Å². The quantitative estimate of drug-likeness (QED) is 0.885. The van der Waals surface area contributed by atoms with E-state index in [1.54, 1.807) is 30.9 Å². The third kappa shape index (κ3) is 3.41. The molecule has 0 saturated carbocycles. The van der Waals surface area contributed by atoms with Gasteiger partial charge in [-0.25, -0.2) is 13.2 Å². The van der Waals surface area contributed by atoms with Crippen LogP contribution in [0.2, 0.25) is 0 Å². The van der Waals surface area contributed by atoms with Gasteiger partial charge in [0.05, 0.1) is 10.1 Å². The van der Waals surface area contributed by atoms with Crippen LogP contribution in [0.5, 0.6) is 0 Å². The normalized spacial score (nSPS) is 15.4. The Balaban J connectivity index is 2.24. The number of carbonyl (C=O) groups is 1. The van der Waals surface area contributed by atoms with Crippen LogP contribution in [-0.2, 0) is 16.4 Å². The Morgan fingerprint density at radius 3 is 2.50 bits per heavy atom. The summed E-state index contributed by atoms with van der Waals surface area (Å²) < 4.78 is 24.6. The molecule has 0 atom stereocenters. The number of rotatable bonds is 4. The van der Waals surface area contributed by atoms with Gasteiger partial charge in [0.1, 0.15) is 0 Å². The highest BCUT2D eigenvalue weighted by molar-refractivity contribution is 7.92. The van der Waals surface area contributed by atoms with Gasteiger partial charge in [0, 0.05) is 25.3 Å². The molecule has 0 aliphatic carbocycles. The fraction of sp³-hybridized carbons (Fsp3) is 0.533. The highest BCUT2D eigenvalue weighted by atomic mass is 32.2. The zero-order chi connectivity index (χ0) is 16.3. The Morgan fingerprint density at radius 2 is 1.95 bits per heavy atom. The molecule has 0 spiro atoms. The second-order valence-corrected chi connectivity index (χ2v) is 8.22. The average molecular weight is 325 g/mol. The van der Waals surface area contributed by atoms with Gasteiger partial charge in [-0.1, -0.05) is 0 Å². The fourth-order valence-corrected chi connectivity index (χ4v) is 3.74. The first kappa shape index (κ1) is 16.8. The van der Waals surface area contributed by atoms with Crippen LogP contribution in [-0.4, -0.2) is 37.7 Å². The summed E-state index contributed by atoms with van der Waals surface area (Å²) in [5.74, 6) is 0. The number of nitrogens with zero attached hydrogens (tertiary/aromatic N) is 1. The van der Waals surface area contributed by atoms with Gasteiger partial charge in [0.2, 0.25) is 0 Å². The van der Waals surface area contributed by atoms with Gasteiger partial charge >= 0.3 is 6.03 Å². The van der Waals surface area contributed by atoms with Crippen molar-refractivity contribution in [3.8, 4) is 0 Å². The summed E-state index contributed by atoms with van der Waals surface area (Å²) in [5, 5.41) is 2.29. The lowest BCUT2D eigenvalue weighted by molar-refractivity contribution is 0.222. The lowest BCUT2D eigenvalue weighted by Crippen LogP contribution is -2.32. The number of carbonyl (C=O) groups excluding carboxylic acids is 1. The fourth-order valence-electron chi connectivity index (χ4n) is 2.47. The maximum atomic E-state index is 12.3. The summed E-state index contributed by atoms with van der Waals surface area (Å²) in [5.41, 5.74) is 6.77. The van der Waals surface area contributed by atoms with Crippen molar-refractivity contribution in [2.24, 2.45) is 5.73 Å². The van der Waals surface area contributed by atoms with E-state index in [9.17, 15) is 13.2 Å². The Hall–Kier alpha value is -1.60. The van der Waals surface area contributed by atoms with E-state index in [1.807, 2.05) is 0 Å². The number of urea groups is 1. The van der Waals surface area contributed by atoms with E-state index in [-0.39, 0.29) is 17.5 Å². The van der Waals surface area contributed by atoms with Crippen molar-refractivity contribution in [2.45, 2.75) is 43.4 Å². The van der Waals surface area contributed by atoms with Gasteiger partial charge in [-0.2, -0.15) is 0 Å². The van der Waals surface area contributed by atoms with Crippen LogP contribution in [0.3, 0.4) is 0 Å². The number of nitrogens with two attached hydrogens (primary N) is 1. The number of likely N-dealkylation sites (tertiary alicyclic amines) is 1. The summed E-state index contributed by atoms with van der Waals surface area (Å²) >= 11 is 0. The minimum absolute atomic E-state index is 0.106. The molecular weight excluding hydrogens is 302 g/mol. The topological polar surface area (TPSA) is 92.5 Å². The van der Waals surface area contributed by atoms with Crippen molar-refractivity contribution in [2.75, 3.05) is 18.4 Å². The highest BCUT2D eigenvalue weighted by Crippen LogP contribution is 2.24. The van der Waals surface area contributed by atoms with Crippen molar-refractivity contribution >= 4 is 21.6 Å². The van der Waals surface area contributed by atoms with Crippen molar-refractivity contribution in [1.29, 1.82) is 0 Å². The summed E-state index contributed by atoms with van der Waals surface area (Å²) in [6, 6.07) is 4.63. The molecule has 0 radical (unpaired) electrons. The first-order valence-electron chi connectivity index (χ1n) is 7.49. The molecule has 22 heavy (non-hydrogen) atoms. The number of hydrogen-bond acceptors (Lipinski definition) is 4. The first-order chi connectivity index (χ1) is 10.4. The molecule has 0 unspecified atom stereocenters. The molecule has 2 amide bonds. The third-order valence-corrected chi connectivity index (χ3v) is 6.10. The number of hydrogen-bond donors (Lipinski definition) is 2. The number of anilines is 1. The molecule has 2 rings (SSSR count). The van der Waals surface area contributed by atoms with Gasteiger partial charge in [0.25, 0.3) is 0 Å². The highest BCUT2D eigenvalue weighted by Gasteiger charge is 2.23. The molecule has 7 heteroatoms. The van der Waals surface area contributed by atoms with E-state index in [2.05, 4.69) is 5.32 Å². The minimum atomic E-state index is -3.38. The Kier molecular flexibility index (Phi) is 5.08. The van der Waals surface area contributed by atoms with Crippen LogP contribution in [0.4, 0.5) is 10.5 Å². The van der Waals surface area contributed by atoms with E-state index in [0.717, 1.165) is 25.9 Å². The molecule has 6 nitrogen and oxygen atoms in total. The zero-order valence-electron chi connectivity index (χ0n) is 13.0. The number of sulfone groups is 1. The average Bonchev–Trinajstić information content (AvgIpc) is 3.01. The molecule has 1 aromatic carbocycles. The van der Waals surface area contributed by atoms with Crippen LogP contribution in [0, 0.1) is 0 Å². The van der Waals surface area contributed by atoms with E-state index < -0.39 is 15.1 Å². The second kappa shape index (κ2) is 6.66. The van der Waals surface area contributed by atoms with Crippen LogP contribution in [0.1, 0.15) is 32.3 Å². The molecule has 3 N–H and O–H groups in total. The maximum Gasteiger partial charge on any atom is 0.321 e. The van der Waals surface area contributed by atoms with Gasteiger partial charge in [-0.15, -0.1) is 0 Å². The maximum absolute atomic E-state index is 12.3. The van der Waals surface area contributed by atoms with Crippen LogP contribution >= 0.6 is 0 Å². The van der Waals surface area contributed by atoms with Crippen molar-refractivity contribution in [1.82, 2.24) is 4.90 Å². The predicted octanol–water partition coefficient (Wildman–Crippen LogP) is 1.96.